The van der Waals surface area contributed by atoms with Crippen LogP contribution < -0.4 is 10.6 Å². The molecule has 0 atom stereocenters. The molecule has 2 aromatic rings. The third kappa shape index (κ3) is 5.53. The Balaban J connectivity index is 1.96. The van der Waals surface area contributed by atoms with Crippen LogP contribution in [0.4, 0.5) is 11.8 Å². The molecule has 5 heteroatoms. The second-order valence-corrected chi connectivity index (χ2v) is 6.83. The molecule has 0 aliphatic heterocycles. The molecule has 0 saturated carbocycles. The second kappa shape index (κ2) is 6.97. The lowest BCUT2D eigenvalue weighted by Gasteiger charge is -2.21. The largest absolute Gasteiger partial charge is 0.370 e. The van der Waals surface area contributed by atoms with Gasteiger partial charge in [0.15, 0.2) is 0 Å². The number of benzene rings is 1. The summed E-state index contributed by atoms with van der Waals surface area (Å²) >= 11 is 5.89. The molecule has 1 heterocycles. The number of hydrogen-bond acceptors (Lipinski definition) is 4. The van der Waals surface area contributed by atoms with Crippen LogP contribution in [0.25, 0.3) is 0 Å². The van der Waals surface area contributed by atoms with Gasteiger partial charge in [0.1, 0.15) is 5.82 Å². The van der Waals surface area contributed by atoms with Gasteiger partial charge in [-0.3, -0.25) is 0 Å². The normalized spacial score (nSPS) is 11.3. The van der Waals surface area contributed by atoms with Gasteiger partial charge in [0, 0.05) is 28.9 Å². The third-order valence-electron chi connectivity index (χ3n) is 2.97. The lowest BCUT2D eigenvalue weighted by atomic mass is 10.1. The Morgan fingerprint density at radius 3 is 2.41 bits per heavy atom. The number of nitrogens with one attached hydrogen (secondary N) is 2. The van der Waals surface area contributed by atoms with Crippen LogP contribution in [0.2, 0.25) is 5.02 Å². The van der Waals surface area contributed by atoms with Gasteiger partial charge >= 0.3 is 0 Å². The minimum absolute atomic E-state index is 0.0611. The van der Waals surface area contributed by atoms with Crippen molar-refractivity contribution in [1.82, 2.24) is 9.97 Å². The summed E-state index contributed by atoms with van der Waals surface area (Å²) in [7, 11) is 0. The van der Waals surface area contributed by atoms with E-state index >= 15 is 0 Å². The molecule has 22 heavy (non-hydrogen) atoms. The first-order valence-corrected chi connectivity index (χ1v) is 7.82. The lowest BCUT2D eigenvalue weighted by molar-refractivity contribution is 0.625. The van der Waals surface area contributed by atoms with Gasteiger partial charge in [0.25, 0.3) is 0 Å². The zero-order valence-corrected chi connectivity index (χ0v) is 14.3. The maximum absolute atomic E-state index is 5.89. The highest BCUT2D eigenvalue weighted by Gasteiger charge is 2.12. The summed E-state index contributed by atoms with van der Waals surface area (Å²) in [5.41, 5.74) is 2.13. The number of nitrogens with zero attached hydrogens (tertiary/aromatic N) is 2. The van der Waals surface area contributed by atoms with Crippen LogP contribution >= 0.6 is 11.6 Å². The molecule has 0 spiro atoms. The molecule has 118 valence electrons. The Labute approximate surface area is 137 Å². The summed E-state index contributed by atoms with van der Waals surface area (Å²) in [6.45, 7) is 9.05. The average molecular weight is 319 g/mol. The average Bonchev–Trinajstić information content (AvgIpc) is 2.38. The fraction of sp³-hybridized carbons (Fsp3) is 0.412. The van der Waals surface area contributed by atoms with Crippen molar-refractivity contribution < 1.29 is 0 Å². The van der Waals surface area contributed by atoms with Crippen LogP contribution in [0, 0.1) is 6.92 Å². The molecule has 0 bridgehead atoms. The molecule has 1 aromatic heterocycles. The quantitative estimate of drug-likeness (QED) is 0.862. The van der Waals surface area contributed by atoms with Gasteiger partial charge < -0.3 is 10.6 Å². The van der Waals surface area contributed by atoms with Crippen LogP contribution in [-0.2, 0) is 6.42 Å². The van der Waals surface area contributed by atoms with E-state index in [1.165, 1.54) is 5.56 Å². The molecule has 2 rings (SSSR count). The maximum atomic E-state index is 5.89. The Hall–Kier alpha value is -1.81. The van der Waals surface area contributed by atoms with Crippen molar-refractivity contribution in [3.63, 3.8) is 0 Å². The molecule has 0 fully saturated rings. The van der Waals surface area contributed by atoms with E-state index in [-0.39, 0.29) is 5.54 Å². The first-order chi connectivity index (χ1) is 10.3. The molecule has 0 aliphatic rings. The molecule has 0 saturated heterocycles. The minimum Gasteiger partial charge on any atom is -0.370 e. The topological polar surface area (TPSA) is 49.8 Å². The van der Waals surface area contributed by atoms with Crippen LogP contribution in [0.3, 0.4) is 0 Å². The highest BCUT2D eigenvalue weighted by Crippen LogP contribution is 2.15. The number of aromatic nitrogens is 2. The van der Waals surface area contributed by atoms with Crippen LogP contribution in [0.15, 0.2) is 30.3 Å². The lowest BCUT2D eigenvalue weighted by Crippen LogP contribution is -2.27. The molecular weight excluding hydrogens is 296 g/mol. The fourth-order valence-electron chi connectivity index (χ4n) is 2.04. The summed E-state index contributed by atoms with van der Waals surface area (Å²) in [6.07, 6.45) is 0.919. The number of aryl methyl sites for hydroxylation is 1. The summed E-state index contributed by atoms with van der Waals surface area (Å²) in [5.74, 6) is 1.50. The Morgan fingerprint density at radius 2 is 1.77 bits per heavy atom. The molecule has 4 nitrogen and oxygen atoms in total. The number of halogens is 1. The summed E-state index contributed by atoms with van der Waals surface area (Å²) in [4.78, 5) is 8.93. The number of anilines is 2. The molecule has 0 unspecified atom stereocenters. The monoisotopic (exact) mass is 318 g/mol. The molecule has 0 amide bonds. The Morgan fingerprint density at radius 1 is 1.09 bits per heavy atom. The molecule has 2 N–H and O–H groups in total. The summed E-state index contributed by atoms with van der Waals surface area (Å²) < 4.78 is 0. The van der Waals surface area contributed by atoms with Gasteiger partial charge in [-0.2, -0.15) is 4.98 Å². The fourth-order valence-corrected chi connectivity index (χ4v) is 2.16. The highest BCUT2D eigenvalue weighted by atomic mass is 35.5. The van der Waals surface area contributed by atoms with Crippen molar-refractivity contribution in [3.8, 4) is 0 Å². The second-order valence-electron chi connectivity index (χ2n) is 6.40. The van der Waals surface area contributed by atoms with Crippen molar-refractivity contribution in [1.29, 1.82) is 0 Å². The first-order valence-electron chi connectivity index (χ1n) is 7.44. The van der Waals surface area contributed by atoms with E-state index in [1.807, 2.05) is 37.3 Å². The standard InChI is InChI=1S/C17H23ClN4/c1-12-11-15(21-16(20-12)22-17(2,3)4)19-10-9-13-5-7-14(18)8-6-13/h5-8,11H,9-10H2,1-4H3,(H2,19,20,21,22). The minimum atomic E-state index is -0.0611. The van der Waals surface area contributed by atoms with Crippen LogP contribution in [-0.4, -0.2) is 22.1 Å². The van der Waals surface area contributed by atoms with Gasteiger partial charge in [-0.25, -0.2) is 4.98 Å². The zero-order chi connectivity index (χ0) is 16.2. The van der Waals surface area contributed by atoms with Gasteiger partial charge in [-0.05, 0) is 51.8 Å². The van der Waals surface area contributed by atoms with E-state index in [0.717, 1.165) is 29.5 Å². The van der Waals surface area contributed by atoms with Gasteiger partial charge in [0.05, 0.1) is 0 Å². The van der Waals surface area contributed by atoms with Crippen molar-refractivity contribution in [3.05, 3.63) is 46.6 Å². The Kier molecular flexibility index (Phi) is 5.24. The SMILES string of the molecule is Cc1cc(NCCc2ccc(Cl)cc2)nc(NC(C)(C)C)n1. The van der Waals surface area contributed by atoms with E-state index < -0.39 is 0 Å². The Bertz CT molecular complexity index is 618. The third-order valence-corrected chi connectivity index (χ3v) is 3.23. The maximum Gasteiger partial charge on any atom is 0.225 e. The van der Waals surface area contributed by atoms with E-state index in [9.17, 15) is 0 Å². The highest BCUT2D eigenvalue weighted by molar-refractivity contribution is 6.30. The van der Waals surface area contributed by atoms with E-state index in [4.69, 9.17) is 11.6 Å². The van der Waals surface area contributed by atoms with E-state index in [1.54, 1.807) is 0 Å². The molecular formula is C17H23ClN4. The summed E-state index contributed by atoms with van der Waals surface area (Å²) in [6, 6.07) is 9.87. The first kappa shape index (κ1) is 16.6. The number of rotatable bonds is 5. The van der Waals surface area contributed by atoms with Crippen LogP contribution in [0.1, 0.15) is 32.0 Å². The zero-order valence-electron chi connectivity index (χ0n) is 13.6. The van der Waals surface area contributed by atoms with E-state index in [0.29, 0.717) is 5.95 Å². The predicted octanol–water partition coefficient (Wildman–Crippen LogP) is 4.30. The van der Waals surface area contributed by atoms with Crippen molar-refractivity contribution in [2.24, 2.45) is 0 Å². The van der Waals surface area contributed by atoms with Gasteiger partial charge in [-0.1, -0.05) is 23.7 Å². The molecule has 1 aromatic carbocycles. The number of hydrogen-bond donors (Lipinski definition) is 2. The smallest absolute Gasteiger partial charge is 0.225 e. The van der Waals surface area contributed by atoms with Crippen molar-refractivity contribution >= 4 is 23.4 Å². The predicted molar refractivity (Wildman–Crippen MR) is 93.8 cm³/mol. The van der Waals surface area contributed by atoms with E-state index in [2.05, 4.69) is 41.4 Å². The van der Waals surface area contributed by atoms with Crippen molar-refractivity contribution in [2.45, 2.75) is 39.7 Å². The van der Waals surface area contributed by atoms with Crippen LogP contribution in [0.5, 0.6) is 0 Å². The van der Waals surface area contributed by atoms with Gasteiger partial charge in [0.2, 0.25) is 5.95 Å². The van der Waals surface area contributed by atoms with Gasteiger partial charge in [-0.15, -0.1) is 0 Å². The molecule has 0 aliphatic carbocycles. The molecule has 0 radical (unpaired) electrons. The summed E-state index contributed by atoms with van der Waals surface area (Å²) in [5, 5.41) is 7.42. The van der Waals surface area contributed by atoms with Crippen molar-refractivity contribution in [2.75, 3.05) is 17.2 Å².